The van der Waals surface area contributed by atoms with Crippen molar-refractivity contribution in [2.45, 2.75) is 45.1 Å². The van der Waals surface area contributed by atoms with Crippen LogP contribution in [0.25, 0.3) is 0 Å². The van der Waals surface area contributed by atoms with Gasteiger partial charge in [0.25, 0.3) is 0 Å². The van der Waals surface area contributed by atoms with Crippen molar-refractivity contribution in [3.8, 4) is 0 Å². The van der Waals surface area contributed by atoms with Crippen LogP contribution in [0.3, 0.4) is 0 Å². The van der Waals surface area contributed by atoms with Gasteiger partial charge in [-0.3, -0.25) is 0 Å². The molecule has 1 fully saturated rings. The van der Waals surface area contributed by atoms with Crippen LogP contribution in [0.1, 0.15) is 39.0 Å². The van der Waals surface area contributed by atoms with Crippen molar-refractivity contribution in [3.63, 3.8) is 0 Å². The van der Waals surface area contributed by atoms with E-state index in [1.54, 1.807) is 0 Å². The van der Waals surface area contributed by atoms with Crippen molar-refractivity contribution >= 4 is 0 Å². The van der Waals surface area contributed by atoms with Crippen molar-refractivity contribution in [2.75, 3.05) is 40.4 Å². The van der Waals surface area contributed by atoms with E-state index in [4.69, 9.17) is 4.74 Å². The van der Waals surface area contributed by atoms with Crippen LogP contribution < -0.4 is 5.32 Å². The first kappa shape index (κ1) is 14.9. The molecule has 0 unspecified atom stereocenters. The lowest BCUT2D eigenvalue weighted by Crippen LogP contribution is -2.35. The zero-order valence-corrected chi connectivity index (χ0v) is 11.9. The average molecular weight is 242 g/mol. The summed E-state index contributed by atoms with van der Waals surface area (Å²) in [7, 11) is 4.15. The summed E-state index contributed by atoms with van der Waals surface area (Å²) in [6, 6.07) is 0.746. The summed E-state index contributed by atoms with van der Waals surface area (Å²) in [6.07, 6.45) is 6.90. The van der Waals surface area contributed by atoms with Gasteiger partial charge < -0.3 is 15.0 Å². The number of likely N-dealkylation sites (N-methyl/N-ethyl adjacent to an activating group) is 1. The van der Waals surface area contributed by atoms with Crippen molar-refractivity contribution in [1.82, 2.24) is 10.2 Å². The molecule has 0 radical (unpaired) electrons. The molecule has 0 amide bonds. The van der Waals surface area contributed by atoms with Crippen LogP contribution in [0, 0.1) is 5.92 Å². The molecule has 3 nitrogen and oxygen atoms in total. The van der Waals surface area contributed by atoms with Gasteiger partial charge in [0.2, 0.25) is 0 Å². The number of nitrogens with zero attached hydrogens (tertiary/aromatic N) is 1. The Morgan fingerprint density at radius 2 is 1.82 bits per heavy atom. The van der Waals surface area contributed by atoms with Crippen LogP contribution in [-0.4, -0.2) is 51.3 Å². The highest BCUT2D eigenvalue weighted by Gasteiger charge is 2.18. The lowest BCUT2D eigenvalue weighted by molar-refractivity contribution is 0.115. The molecule has 0 heterocycles. The zero-order chi connectivity index (χ0) is 12.5. The Balaban J connectivity index is 1.90. The van der Waals surface area contributed by atoms with Gasteiger partial charge in [-0.1, -0.05) is 13.3 Å². The molecule has 1 saturated carbocycles. The van der Waals surface area contributed by atoms with E-state index in [9.17, 15) is 0 Å². The molecule has 0 saturated heterocycles. The lowest BCUT2D eigenvalue weighted by Gasteiger charge is -2.28. The van der Waals surface area contributed by atoms with E-state index in [0.29, 0.717) is 0 Å². The van der Waals surface area contributed by atoms with Gasteiger partial charge in [-0.05, 0) is 45.7 Å². The standard InChI is InChI=1S/C14H30N2O/c1-4-13-5-7-14(8-6-13)15-9-11-17-12-10-16(2)3/h13-15H,4-12H2,1-3H3. The Bertz CT molecular complexity index is 177. The summed E-state index contributed by atoms with van der Waals surface area (Å²) >= 11 is 0. The van der Waals surface area contributed by atoms with Crippen LogP contribution in [0.5, 0.6) is 0 Å². The second kappa shape index (κ2) is 8.90. The highest BCUT2D eigenvalue weighted by molar-refractivity contribution is 4.76. The molecular formula is C14H30N2O. The van der Waals surface area contributed by atoms with Gasteiger partial charge in [-0.15, -0.1) is 0 Å². The Hall–Kier alpha value is -0.120. The van der Waals surface area contributed by atoms with E-state index in [0.717, 1.165) is 38.3 Å². The van der Waals surface area contributed by atoms with Crippen LogP contribution >= 0.6 is 0 Å². The van der Waals surface area contributed by atoms with Gasteiger partial charge in [-0.2, -0.15) is 0 Å². The number of hydrogen-bond acceptors (Lipinski definition) is 3. The van der Waals surface area contributed by atoms with E-state index in [-0.39, 0.29) is 0 Å². The van der Waals surface area contributed by atoms with Crippen molar-refractivity contribution in [3.05, 3.63) is 0 Å². The fourth-order valence-corrected chi connectivity index (χ4v) is 2.46. The number of rotatable bonds is 8. The third-order valence-corrected chi connectivity index (χ3v) is 3.79. The highest BCUT2D eigenvalue weighted by atomic mass is 16.5. The molecule has 17 heavy (non-hydrogen) atoms. The fourth-order valence-electron chi connectivity index (χ4n) is 2.46. The summed E-state index contributed by atoms with van der Waals surface area (Å²) in [4.78, 5) is 2.15. The largest absolute Gasteiger partial charge is 0.379 e. The quantitative estimate of drug-likeness (QED) is 0.660. The minimum atomic E-state index is 0.746. The number of hydrogen-bond donors (Lipinski definition) is 1. The van der Waals surface area contributed by atoms with E-state index in [1.165, 1.54) is 32.1 Å². The van der Waals surface area contributed by atoms with Gasteiger partial charge in [0.1, 0.15) is 0 Å². The predicted octanol–water partition coefficient (Wildman–Crippen LogP) is 2.12. The van der Waals surface area contributed by atoms with E-state index in [2.05, 4.69) is 31.2 Å². The topological polar surface area (TPSA) is 24.5 Å². The molecule has 0 aromatic heterocycles. The first-order chi connectivity index (χ1) is 8.22. The molecule has 1 aliphatic carbocycles. The molecule has 0 spiro atoms. The highest BCUT2D eigenvalue weighted by Crippen LogP contribution is 2.26. The Kier molecular flexibility index (Phi) is 7.82. The summed E-state index contributed by atoms with van der Waals surface area (Å²) in [5.74, 6) is 0.990. The first-order valence-electron chi connectivity index (χ1n) is 7.18. The monoisotopic (exact) mass is 242 g/mol. The maximum absolute atomic E-state index is 5.57. The van der Waals surface area contributed by atoms with Gasteiger partial charge in [-0.25, -0.2) is 0 Å². The summed E-state index contributed by atoms with van der Waals surface area (Å²) < 4.78 is 5.57. The molecule has 0 atom stereocenters. The van der Waals surface area contributed by atoms with Crippen molar-refractivity contribution in [2.24, 2.45) is 5.92 Å². The number of ether oxygens (including phenoxy) is 1. The first-order valence-corrected chi connectivity index (χ1v) is 7.18. The third-order valence-electron chi connectivity index (χ3n) is 3.79. The van der Waals surface area contributed by atoms with Crippen LogP contribution in [0.2, 0.25) is 0 Å². The second-order valence-corrected chi connectivity index (χ2v) is 5.50. The maximum Gasteiger partial charge on any atom is 0.0593 e. The van der Waals surface area contributed by atoms with Gasteiger partial charge in [0, 0.05) is 19.1 Å². The fraction of sp³-hybridized carbons (Fsp3) is 1.00. The van der Waals surface area contributed by atoms with Crippen LogP contribution in [0.4, 0.5) is 0 Å². The van der Waals surface area contributed by atoms with E-state index >= 15 is 0 Å². The molecule has 0 aromatic rings. The predicted molar refractivity (Wildman–Crippen MR) is 73.4 cm³/mol. The third kappa shape index (κ3) is 7.02. The summed E-state index contributed by atoms with van der Waals surface area (Å²) in [5, 5.41) is 3.62. The molecule has 1 N–H and O–H groups in total. The number of nitrogens with one attached hydrogen (secondary N) is 1. The minimum absolute atomic E-state index is 0.746. The average Bonchev–Trinajstić information content (AvgIpc) is 2.34. The normalized spacial score (nSPS) is 25.4. The van der Waals surface area contributed by atoms with Crippen LogP contribution in [0.15, 0.2) is 0 Å². The van der Waals surface area contributed by atoms with Gasteiger partial charge in [0.05, 0.1) is 13.2 Å². The smallest absolute Gasteiger partial charge is 0.0593 e. The summed E-state index contributed by atoms with van der Waals surface area (Å²) in [6.45, 7) is 6.03. The van der Waals surface area contributed by atoms with E-state index < -0.39 is 0 Å². The van der Waals surface area contributed by atoms with E-state index in [1.807, 2.05) is 0 Å². The molecule has 102 valence electrons. The van der Waals surface area contributed by atoms with Crippen molar-refractivity contribution < 1.29 is 4.74 Å². The Morgan fingerprint density at radius 3 is 2.41 bits per heavy atom. The molecule has 3 heteroatoms. The lowest BCUT2D eigenvalue weighted by atomic mass is 9.84. The Morgan fingerprint density at radius 1 is 1.12 bits per heavy atom. The zero-order valence-electron chi connectivity index (χ0n) is 11.9. The molecule has 1 rings (SSSR count). The maximum atomic E-state index is 5.57. The Labute approximate surface area is 107 Å². The molecule has 1 aliphatic rings. The van der Waals surface area contributed by atoms with Crippen LogP contribution in [-0.2, 0) is 4.74 Å². The minimum Gasteiger partial charge on any atom is -0.379 e. The molecule has 0 aromatic carbocycles. The second-order valence-electron chi connectivity index (χ2n) is 5.50. The molecule has 0 bridgehead atoms. The molecule has 0 aliphatic heterocycles. The summed E-state index contributed by atoms with van der Waals surface area (Å²) in [5.41, 5.74) is 0. The van der Waals surface area contributed by atoms with Gasteiger partial charge in [0.15, 0.2) is 0 Å². The van der Waals surface area contributed by atoms with Gasteiger partial charge >= 0.3 is 0 Å². The van der Waals surface area contributed by atoms with Crippen molar-refractivity contribution in [1.29, 1.82) is 0 Å². The molecular weight excluding hydrogens is 212 g/mol. The SMILES string of the molecule is CCC1CCC(NCCOCCN(C)C)CC1.